The first-order valence-electron chi connectivity index (χ1n) is 3.40. The molecule has 0 saturated carbocycles. The highest BCUT2D eigenvalue weighted by atomic mass is 16.7. The summed E-state index contributed by atoms with van der Waals surface area (Å²) in [6, 6.07) is 0. The second kappa shape index (κ2) is 6.84. The van der Waals surface area contributed by atoms with Crippen LogP contribution in [0.15, 0.2) is 17.8 Å². The van der Waals surface area contributed by atoms with Gasteiger partial charge in [0.25, 0.3) is 0 Å². The predicted molar refractivity (Wildman–Crippen MR) is 45.2 cm³/mol. The second-order valence-corrected chi connectivity index (χ2v) is 1.81. The molecule has 0 rings (SSSR count). The smallest absolute Gasteiger partial charge is 0.433 e. The summed E-state index contributed by atoms with van der Waals surface area (Å²) in [6.45, 7) is 6.33. The van der Waals surface area contributed by atoms with Crippen LogP contribution in [0.5, 0.6) is 0 Å². The highest BCUT2D eigenvalue weighted by Crippen LogP contribution is 1.79. The van der Waals surface area contributed by atoms with Crippen molar-refractivity contribution in [1.82, 2.24) is 5.32 Å². The number of rotatable bonds is 5. The van der Waals surface area contributed by atoms with Crippen molar-refractivity contribution in [3.05, 3.63) is 12.7 Å². The van der Waals surface area contributed by atoms with Crippen molar-refractivity contribution in [1.29, 1.82) is 0 Å². The van der Waals surface area contributed by atoms with Gasteiger partial charge in [0.05, 0.1) is 6.54 Å². The number of hydrogen-bond donors (Lipinski definition) is 1. The number of carbonyl (C=O) groups excluding carboxylic acids is 2. The fraction of sp³-hybridized carbons (Fsp3) is 0.286. The number of ether oxygens (including phenoxy) is 1. The molecule has 6 heteroatoms. The number of nitrogens with one attached hydrogen (secondary N) is 1. The molecule has 13 heavy (non-hydrogen) atoms. The van der Waals surface area contributed by atoms with Gasteiger partial charge in [0.15, 0.2) is 0 Å². The predicted octanol–water partition coefficient (Wildman–Crippen LogP) is 0.0574. The van der Waals surface area contributed by atoms with Gasteiger partial charge in [-0.15, -0.1) is 0 Å². The molecule has 0 radical (unpaired) electrons. The lowest BCUT2D eigenvalue weighted by Crippen LogP contribution is -2.27. The number of hydrogen-bond acceptors (Lipinski definition) is 5. The standard InChI is InChI=1S/C7H10N2O4/c1-3-6(10)12-5-4-9-7(11)13-8-2/h3H,1-2,4-5H2,(H,9,11). The van der Waals surface area contributed by atoms with E-state index in [1.54, 1.807) is 0 Å². The fourth-order valence-electron chi connectivity index (χ4n) is 0.455. The average molecular weight is 186 g/mol. The summed E-state index contributed by atoms with van der Waals surface area (Å²) in [4.78, 5) is 25.1. The zero-order valence-corrected chi connectivity index (χ0v) is 6.99. The van der Waals surface area contributed by atoms with Crippen LogP contribution < -0.4 is 5.32 Å². The molecule has 0 aliphatic rings. The third kappa shape index (κ3) is 6.54. The van der Waals surface area contributed by atoms with Crippen LogP contribution in [-0.2, 0) is 14.4 Å². The van der Waals surface area contributed by atoms with Gasteiger partial charge >= 0.3 is 12.1 Å². The van der Waals surface area contributed by atoms with E-state index in [4.69, 9.17) is 0 Å². The van der Waals surface area contributed by atoms with Gasteiger partial charge in [0.1, 0.15) is 6.61 Å². The normalized spacial score (nSPS) is 8.31. The molecule has 0 aromatic rings. The molecule has 0 atom stereocenters. The Morgan fingerprint density at radius 3 is 2.77 bits per heavy atom. The summed E-state index contributed by atoms with van der Waals surface area (Å²) in [6.07, 6.45) is 0.286. The monoisotopic (exact) mass is 186 g/mol. The number of amides is 1. The molecule has 0 aromatic heterocycles. The Hall–Kier alpha value is -1.85. The Morgan fingerprint density at radius 2 is 2.23 bits per heavy atom. The molecule has 72 valence electrons. The number of esters is 1. The van der Waals surface area contributed by atoms with Crippen LogP contribution >= 0.6 is 0 Å². The van der Waals surface area contributed by atoms with E-state index in [1.807, 2.05) is 0 Å². The lowest BCUT2D eigenvalue weighted by atomic mass is 10.6. The first kappa shape index (κ1) is 11.2. The third-order valence-electron chi connectivity index (χ3n) is 0.930. The minimum atomic E-state index is -0.746. The van der Waals surface area contributed by atoms with Crippen molar-refractivity contribution in [3.8, 4) is 0 Å². The van der Waals surface area contributed by atoms with Gasteiger partial charge in [-0.25, -0.2) is 9.59 Å². The molecule has 6 nitrogen and oxygen atoms in total. The van der Waals surface area contributed by atoms with Crippen LogP contribution in [0.25, 0.3) is 0 Å². The molecule has 1 amide bonds. The maximum Gasteiger partial charge on any atom is 0.433 e. The lowest BCUT2D eigenvalue weighted by Gasteiger charge is -2.02. The molecular formula is C7H10N2O4. The molecule has 0 bridgehead atoms. The average Bonchev–Trinajstić information content (AvgIpc) is 2.12. The van der Waals surface area contributed by atoms with Gasteiger partial charge < -0.3 is 10.1 Å². The van der Waals surface area contributed by atoms with E-state index in [9.17, 15) is 9.59 Å². The summed E-state index contributed by atoms with van der Waals surface area (Å²) in [5.41, 5.74) is 0. The molecule has 0 aliphatic carbocycles. The van der Waals surface area contributed by atoms with Crippen molar-refractivity contribution in [2.75, 3.05) is 13.2 Å². The zero-order valence-electron chi connectivity index (χ0n) is 6.99. The number of carbonyl (C=O) groups is 2. The van der Waals surface area contributed by atoms with Gasteiger partial charge in [0.2, 0.25) is 0 Å². The summed E-state index contributed by atoms with van der Waals surface area (Å²) in [5.74, 6) is -0.544. The minimum Gasteiger partial charge on any atom is -0.461 e. The van der Waals surface area contributed by atoms with E-state index in [0.29, 0.717) is 0 Å². The van der Waals surface area contributed by atoms with E-state index in [0.717, 1.165) is 6.08 Å². The van der Waals surface area contributed by atoms with Crippen molar-refractivity contribution in [3.63, 3.8) is 0 Å². The molecule has 0 aromatic carbocycles. The van der Waals surface area contributed by atoms with Crippen LogP contribution in [0, 0.1) is 0 Å². The Labute approximate surface area is 75.2 Å². The summed E-state index contributed by atoms with van der Waals surface area (Å²) < 4.78 is 4.55. The van der Waals surface area contributed by atoms with Crippen LogP contribution in [-0.4, -0.2) is 31.9 Å². The lowest BCUT2D eigenvalue weighted by molar-refractivity contribution is -0.137. The highest BCUT2D eigenvalue weighted by Gasteiger charge is 2.00. The number of oxime groups is 1. The van der Waals surface area contributed by atoms with Gasteiger partial charge in [-0.2, -0.15) is 0 Å². The Kier molecular flexibility index (Phi) is 5.86. The van der Waals surface area contributed by atoms with Gasteiger partial charge in [-0.1, -0.05) is 11.7 Å². The summed E-state index contributed by atoms with van der Waals surface area (Å²) in [5, 5.41) is 5.14. The second-order valence-electron chi connectivity index (χ2n) is 1.81. The summed E-state index contributed by atoms with van der Waals surface area (Å²) >= 11 is 0. The topological polar surface area (TPSA) is 77.0 Å². The number of nitrogens with zero attached hydrogens (tertiary/aromatic N) is 1. The van der Waals surface area contributed by atoms with Crippen molar-refractivity contribution in [2.24, 2.45) is 5.16 Å². The van der Waals surface area contributed by atoms with Gasteiger partial charge in [-0.05, 0) is 0 Å². The Bertz CT molecular complexity index is 215. The highest BCUT2D eigenvalue weighted by molar-refractivity contribution is 5.81. The third-order valence-corrected chi connectivity index (χ3v) is 0.930. The van der Waals surface area contributed by atoms with E-state index >= 15 is 0 Å². The van der Waals surface area contributed by atoms with E-state index in [-0.39, 0.29) is 13.2 Å². The van der Waals surface area contributed by atoms with E-state index < -0.39 is 12.1 Å². The zero-order chi connectivity index (χ0) is 10.1. The quantitative estimate of drug-likeness (QED) is 0.164. The molecule has 0 aliphatic heterocycles. The molecule has 0 fully saturated rings. The fourth-order valence-corrected chi connectivity index (χ4v) is 0.455. The van der Waals surface area contributed by atoms with Crippen LogP contribution in [0.2, 0.25) is 0 Å². The maximum atomic E-state index is 10.5. The van der Waals surface area contributed by atoms with Crippen molar-refractivity contribution < 1.29 is 19.2 Å². The maximum absolute atomic E-state index is 10.5. The first-order valence-corrected chi connectivity index (χ1v) is 3.40. The van der Waals surface area contributed by atoms with Gasteiger partial charge in [0, 0.05) is 12.8 Å². The largest absolute Gasteiger partial charge is 0.461 e. The molecule has 0 unspecified atom stereocenters. The molecule has 0 saturated heterocycles. The molecule has 0 spiro atoms. The summed E-state index contributed by atoms with van der Waals surface area (Å²) in [7, 11) is 0. The van der Waals surface area contributed by atoms with E-state index in [2.05, 4.69) is 33.3 Å². The van der Waals surface area contributed by atoms with Gasteiger partial charge in [-0.3, -0.25) is 4.84 Å². The minimum absolute atomic E-state index is 0.0527. The van der Waals surface area contributed by atoms with Crippen LogP contribution in [0.4, 0.5) is 4.79 Å². The molecule has 1 N–H and O–H groups in total. The van der Waals surface area contributed by atoms with E-state index in [1.165, 1.54) is 0 Å². The Morgan fingerprint density at radius 1 is 1.54 bits per heavy atom. The SMILES string of the molecule is C=CC(=O)OCCNC(=O)ON=C. The first-order chi connectivity index (χ1) is 6.20. The molecule has 0 heterocycles. The van der Waals surface area contributed by atoms with Crippen LogP contribution in [0.1, 0.15) is 0 Å². The van der Waals surface area contributed by atoms with Crippen molar-refractivity contribution in [2.45, 2.75) is 0 Å². The van der Waals surface area contributed by atoms with Crippen LogP contribution in [0.3, 0.4) is 0 Å². The Balaban J connectivity index is 3.35. The van der Waals surface area contributed by atoms with Crippen molar-refractivity contribution >= 4 is 18.8 Å². The molecular weight excluding hydrogens is 176 g/mol.